The Morgan fingerprint density at radius 1 is 0.885 bits per heavy atom. The summed E-state index contributed by atoms with van der Waals surface area (Å²) < 4.78 is 94.6. The molecule has 2 rings (SSSR count). The topological polar surface area (TPSA) is 55.8 Å². The average Bonchev–Trinajstić information content (AvgIpc) is 2.56. The molecule has 1 atom stereocenters. The molecule has 0 radical (unpaired) electrons. The van der Waals surface area contributed by atoms with Crippen molar-refractivity contribution in [2.45, 2.75) is 18.2 Å². The van der Waals surface area contributed by atoms with Gasteiger partial charge in [-0.25, -0.2) is 0 Å². The minimum Gasteiger partial charge on any atom is -0.376 e. The monoisotopic (exact) mass is 402 g/mol. The Balaban J connectivity index is 2.32. The highest BCUT2D eigenvalue weighted by molar-refractivity contribution is 7.54. The summed E-state index contributed by atoms with van der Waals surface area (Å²) in [5.74, 6) is -2.32. The number of halogens is 6. The van der Waals surface area contributed by atoms with Crippen molar-refractivity contribution in [3.8, 4) is 0 Å². The number of aliphatic hydroxyl groups is 1. The maximum atomic E-state index is 12.4. The molecule has 0 aliphatic rings. The Kier molecular flexibility index (Phi) is 6.02. The lowest BCUT2D eigenvalue weighted by molar-refractivity contribution is -0.167. The molecule has 2 aromatic carbocycles. The summed E-state index contributed by atoms with van der Waals surface area (Å²) in [6.45, 7) is -4.26. The Bertz CT molecular complexity index is 783. The molecule has 0 fully saturated rings. The molecule has 0 heterocycles. The zero-order valence-corrected chi connectivity index (χ0v) is 13.8. The van der Waals surface area contributed by atoms with Crippen LogP contribution in [0.3, 0.4) is 0 Å². The molecule has 0 spiro atoms. The Labute approximate surface area is 143 Å². The number of benzene rings is 2. The highest BCUT2D eigenvalue weighted by atomic mass is 31.2. The summed E-state index contributed by atoms with van der Waals surface area (Å²) in [6, 6.07) is 10.6. The second-order valence-electron chi connectivity index (χ2n) is 5.30. The molecule has 0 amide bonds. The van der Waals surface area contributed by atoms with Gasteiger partial charge in [-0.2, -0.15) is 26.3 Å². The second kappa shape index (κ2) is 7.56. The number of hydrogen-bond acceptors (Lipinski definition) is 4. The summed E-state index contributed by atoms with van der Waals surface area (Å²) in [5, 5.41) is 11.4. The van der Waals surface area contributed by atoms with Crippen LogP contribution in [-0.4, -0.2) is 30.7 Å². The summed E-state index contributed by atoms with van der Waals surface area (Å²) >= 11 is 0. The molecule has 11 heteroatoms. The predicted octanol–water partition coefficient (Wildman–Crippen LogP) is 5.18. The first kappa shape index (κ1) is 20.7. The third-order valence-corrected chi connectivity index (χ3v) is 5.06. The SMILES string of the molecule is O=P(OCC(F)(F)F)(OCC(F)(F)F)[C@H](O)c1ccc2ccccc2c1. The van der Waals surface area contributed by atoms with E-state index in [1.54, 1.807) is 24.3 Å². The molecule has 144 valence electrons. The largest absolute Gasteiger partial charge is 0.412 e. The lowest BCUT2D eigenvalue weighted by Gasteiger charge is -2.24. The second-order valence-corrected chi connectivity index (χ2v) is 7.38. The van der Waals surface area contributed by atoms with Crippen LogP contribution < -0.4 is 0 Å². The number of hydrogen-bond donors (Lipinski definition) is 1. The van der Waals surface area contributed by atoms with E-state index in [2.05, 4.69) is 9.05 Å². The van der Waals surface area contributed by atoms with Crippen LogP contribution in [-0.2, 0) is 13.6 Å². The third-order valence-electron chi connectivity index (χ3n) is 3.19. The molecule has 2 aromatic rings. The van der Waals surface area contributed by atoms with Gasteiger partial charge in [-0.05, 0) is 22.4 Å². The van der Waals surface area contributed by atoms with Crippen molar-refractivity contribution in [3.63, 3.8) is 0 Å². The van der Waals surface area contributed by atoms with Gasteiger partial charge in [0.05, 0.1) is 0 Å². The van der Waals surface area contributed by atoms with E-state index in [1.807, 2.05) is 0 Å². The highest BCUT2D eigenvalue weighted by Crippen LogP contribution is 2.60. The normalized spacial score (nSPS) is 14.6. The molecule has 1 N–H and O–H groups in total. The summed E-state index contributed by atoms with van der Waals surface area (Å²) in [7, 11) is -5.19. The number of aliphatic hydroxyl groups excluding tert-OH is 1. The van der Waals surface area contributed by atoms with Gasteiger partial charge in [0, 0.05) is 0 Å². The van der Waals surface area contributed by atoms with E-state index in [0.717, 1.165) is 0 Å². The van der Waals surface area contributed by atoms with E-state index >= 15 is 0 Å². The summed E-state index contributed by atoms with van der Waals surface area (Å²) in [4.78, 5) is 0. The molecule has 0 aliphatic heterocycles. The molecular formula is C15H13F6O4P. The van der Waals surface area contributed by atoms with E-state index in [0.29, 0.717) is 10.8 Å². The average molecular weight is 402 g/mol. The number of alkyl halides is 6. The quantitative estimate of drug-likeness (QED) is 0.534. The van der Waals surface area contributed by atoms with Crippen LogP contribution in [0.1, 0.15) is 11.4 Å². The van der Waals surface area contributed by atoms with Crippen LogP contribution in [0.2, 0.25) is 0 Å². The first-order valence-electron chi connectivity index (χ1n) is 7.09. The molecular weight excluding hydrogens is 389 g/mol. The van der Waals surface area contributed by atoms with Crippen LogP contribution in [0, 0.1) is 0 Å². The first-order chi connectivity index (χ1) is 11.9. The molecule has 0 saturated heterocycles. The maximum Gasteiger partial charge on any atom is 0.412 e. The van der Waals surface area contributed by atoms with Gasteiger partial charge in [0.25, 0.3) is 0 Å². The van der Waals surface area contributed by atoms with Crippen LogP contribution >= 0.6 is 7.60 Å². The van der Waals surface area contributed by atoms with Gasteiger partial charge < -0.3 is 5.11 Å². The molecule has 0 saturated carbocycles. The Hall–Kier alpha value is -1.61. The van der Waals surface area contributed by atoms with Gasteiger partial charge in [-0.15, -0.1) is 0 Å². The fourth-order valence-electron chi connectivity index (χ4n) is 2.06. The molecule has 0 aromatic heterocycles. The number of rotatable bonds is 6. The van der Waals surface area contributed by atoms with Crippen LogP contribution in [0.5, 0.6) is 0 Å². The Morgan fingerprint density at radius 2 is 1.38 bits per heavy atom. The van der Waals surface area contributed by atoms with Crippen molar-refractivity contribution in [2.75, 3.05) is 13.2 Å². The van der Waals surface area contributed by atoms with Gasteiger partial charge in [-0.1, -0.05) is 36.4 Å². The van der Waals surface area contributed by atoms with Gasteiger partial charge in [0.2, 0.25) is 0 Å². The van der Waals surface area contributed by atoms with Crippen molar-refractivity contribution in [1.82, 2.24) is 0 Å². The highest BCUT2D eigenvalue weighted by Gasteiger charge is 2.43. The van der Waals surface area contributed by atoms with Crippen molar-refractivity contribution in [2.24, 2.45) is 0 Å². The van der Waals surface area contributed by atoms with Crippen LogP contribution in [0.4, 0.5) is 26.3 Å². The zero-order chi connectivity index (χ0) is 19.6. The van der Waals surface area contributed by atoms with E-state index in [1.165, 1.54) is 18.2 Å². The van der Waals surface area contributed by atoms with Gasteiger partial charge >= 0.3 is 19.9 Å². The minimum atomic E-state index is -5.19. The number of fused-ring (bicyclic) bond motifs is 1. The molecule has 26 heavy (non-hydrogen) atoms. The minimum absolute atomic E-state index is 0.198. The van der Waals surface area contributed by atoms with E-state index in [9.17, 15) is 36.0 Å². The lowest BCUT2D eigenvalue weighted by Crippen LogP contribution is -2.21. The van der Waals surface area contributed by atoms with E-state index < -0.39 is 39.0 Å². The van der Waals surface area contributed by atoms with Gasteiger partial charge in [-0.3, -0.25) is 13.6 Å². The van der Waals surface area contributed by atoms with Crippen LogP contribution in [0.15, 0.2) is 42.5 Å². The van der Waals surface area contributed by atoms with Crippen molar-refractivity contribution in [3.05, 3.63) is 48.0 Å². The van der Waals surface area contributed by atoms with Gasteiger partial charge in [0.1, 0.15) is 0 Å². The first-order valence-corrected chi connectivity index (χ1v) is 8.70. The van der Waals surface area contributed by atoms with E-state index in [4.69, 9.17) is 0 Å². The van der Waals surface area contributed by atoms with Crippen LogP contribution in [0.25, 0.3) is 10.8 Å². The summed E-state index contributed by atoms with van der Waals surface area (Å²) in [6.07, 6.45) is -9.94. The zero-order valence-electron chi connectivity index (χ0n) is 12.9. The molecule has 0 aliphatic carbocycles. The Morgan fingerprint density at radius 3 is 1.88 bits per heavy atom. The van der Waals surface area contributed by atoms with Crippen molar-refractivity contribution < 1.29 is 45.1 Å². The lowest BCUT2D eigenvalue weighted by atomic mass is 10.1. The van der Waals surface area contributed by atoms with Crippen molar-refractivity contribution in [1.29, 1.82) is 0 Å². The fraction of sp³-hybridized carbons (Fsp3) is 0.333. The van der Waals surface area contributed by atoms with E-state index in [-0.39, 0.29) is 5.56 Å². The fourth-order valence-corrected chi connectivity index (χ4v) is 3.59. The van der Waals surface area contributed by atoms with Gasteiger partial charge in [0.15, 0.2) is 19.1 Å². The third kappa shape index (κ3) is 5.70. The smallest absolute Gasteiger partial charge is 0.376 e. The predicted molar refractivity (Wildman–Crippen MR) is 80.5 cm³/mol. The molecule has 4 nitrogen and oxygen atoms in total. The molecule has 0 bridgehead atoms. The van der Waals surface area contributed by atoms with Crippen molar-refractivity contribution >= 4 is 18.4 Å². The maximum absolute atomic E-state index is 12.4. The summed E-state index contributed by atoms with van der Waals surface area (Å²) in [5.41, 5.74) is -0.198. The molecule has 0 unspecified atom stereocenters. The standard InChI is InChI=1S/C15H13F6O4P/c16-14(17,18)8-24-26(23,25-9-15(19,20)21)13(22)12-6-5-10-3-1-2-4-11(10)7-12/h1-7,13,22H,8-9H2/t13-/m0/s1.